The van der Waals surface area contributed by atoms with Crippen molar-refractivity contribution in [3.63, 3.8) is 0 Å². The Bertz CT molecular complexity index is 540. The molecule has 1 aromatic heterocycles. The fraction of sp³-hybridized carbons (Fsp3) is 0.765. The number of carbonyl (C=O) groups excluding carboxylic acids is 1. The molecule has 2 saturated carbocycles. The van der Waals surface area contributed by atoms with Crippen LogP contribution in [-0.4, -0.2) is 30.5 Å². The number of piperidine rings is 1. The molecule has 22 heavy (non-hydrogen) atoms. The molecule has 3 aliphatic rings. The highest BCUT2D eigenvalue weighted by Gasteiger charge is 2.49. The van der Waals surface area contributed by atoms with E-state index in [1.54, 1.807) is 0 Å². The van der Waals surface area contributed by atoms with Gasteiger partial charge in [0.15, 0.2) is 12.1 Å². The molecule has 2 aliphatic carbocycles. The molecule has 1 aromatic rings. The Morgan fingerprint density at radius 3 is 2.73 bits per heavy atom. The van der Waals surface area contributed by atoms with Crippen molar-refractivity contribution >= 4 is 5.91 Å². The van der Waals surface area contributed by atoms with Crippen LogP contribution in [0.15, 0.2) is 10.8 Å². The van der Waals surface area contributed by atoms with Crippen LogP contribution in [0.4, 0.5) is 0 Å². The molecular formula is C17H25N3O2. The van der Waals surface area contributed by atoms with Gasteiger partial charge in [-0.3, -0.25) is 4.79 Å². The van der Waals surface area contributed by atoms with Gasteiger partial charge in [0.25, 0.3) is 5.91 Å². The summed E-state index contributed by atoms with van der Waals surface area (Å²) in [7, 11) is 0. The van der Waals surface area contributed by atoms with Crippen molar-refractivity contribution in [2.45, 2.75) is 50.9 Å². The third-order valence-electron chi connectivity index (χ3n) is 5.91. The van der Waals surface area contributed by atoms with E-state index in [1.807, 2.05) is 0 Å². The van der Waals surface area contributed by atoms with E-state index in [-0.39, 0.29) is 5.91 Å². The van der Waals surface area contributed by atoms with E-state index in [0.29, 0.717) is 17.0 Å². The molecule has 0 bridgehead atoms. The fourth-order valence-corrected chi connectivity index (χ4v) is 4.20. The maximum Gasteiger partial charge on any atom is 0.273 e. The number of aromatic nitrogens is 1. The molecule has 0 atom stereocenters. The number of rotatable bonds is 5. The van der Waals surface area contributed by atoms with Gasteiger partial charge in [-0.2, -0.15) is 0 Å². The van der Waals surface area contributed by atoms with Crippen LogP contribution in [0.5, 0.6) is 0 Å². The van der Waals surface area contributed by atoms with Gasteiger partial charge in [0.1, 0.15) is 5.76 Å². The summed E-state index contributed by atoms with van der Waals surface area (Å²) < 4.78 is 5.56. The average Bonchev–Trinajstić information content (AvgIpc) is 3.23. The van der Waals surface area contributed by atoms with Gasteiger partial charge in [0, 0.05) is 12.5 Å². The second kappa shape index (κ2) is 5.69. The van der Waals surface area contributed by atoms with E-state index in [1.165, 1.54) is 38.5 Å². The molecule has 0 spiro atoms. The molecule has 1 amide bonds. The van der Waals surface area contributed by atoms with Gasteiger partial charge in [-0.05, 0) is 62.9 Å². The summed E-state index contributed by atoms with van der Waals surface area (Å²) in [5.41, 5.74) is 0.908. The summed E-state index contributed by atoms with van der Waals surface area (Å²) in [5.74, 6) is 1.91. The second-order valence-electron chi connectivity index (χ2n) is 7.26. The first kappa shape index (κ1) is 14.2. The Kier molecular flexibility index (Phi) is 3.68. The lowest BCUT2D eigenvalue weighted by atomic mass is 9.65. The van der Waals surface area contributed by atoms with E-state index in [4.69, 9.17) is 4.42 Å². The van der Waals surface area contributed by atoms with Crippen LogP contribution in [-0.2, 0) is 0 Å². The van der Waals surface area contributed by atoms with Gasteiger partial charge in [-0.25, -0.2) is 4.98 Å². The van der Waals surface area contributed by atoms with E-state index in [9.17, 15) is 4.79 Å². The monoisotopic (exact) mass is 303 g/mol. The zero-order chi connectivity index (χ0) is 15.0. The summed E-state index contributed by atoms with van der Waals surface area (Å²) in [6.07, 6.45) is 10.0. The van der Waals surface area contributed by atoms with E-state index >= 15 is 0 Å². The smallest absolute Gasteiger partial charge is 0.273 e. The minimum atomic E-state index is -0.0470. The molecule has 5 nitrogen and oxygen atoms in total. The molecule has 1 aliphatic heterocycles. The quantitative estimate of drug-likeness (QED) is 0.877. The summed E-state index contributed by atoms with van der Waals surface area (Å²) in [6.45, 7) is 2.78. The van der Waals surface area contributed by atoms with Crippen molar-refractivity contribution in [1.82, 2.24) is 15.6 Å². The Labute approximate surface area is 131 Å². The Morgan fingerprint density at radius 2 is 2.09 bits per heavy atom. The SMILES string of the molecule is O=C(NCC1(C2CC2)CCC1)c1ncoc1C1CCNCC1. The van der Waals surface area contributed by atoms with Crippen LogP contribution in [0.1, 0.15) is 67.1 Å². The lowest BCUT2D eigenvalue weighted by molar-refractivity contribution is 0.0776. The highest BCUT2D eigenvalue weighted by atomic mass is 16.3. The second-order valence-corrected chi connectivity index (χ2v) is 7.26. The molecule has 0 radical (unpaired) electrons. The topological polar surface area (TPSA) is 67.2 Å². The van der Waals surface area contributed by atoms with Crippen molar-refractivity contribution < 1.29 is 9.21 Å². The molecule has 0 aromatic carbocycles. The third kappa shape index (κ3) is 2.56. The summed E-state index contributed by atoms with van der Waals surface area (Å²) >= 11 is 0. The lowest BCUT2D eigenvalue weighted by Gasteiger charge is -2.42. The molecule has 1 saturated heterocycles. The van der Waals surface area contributed by atoms with Crippen LogP contribution in [0.3, 0.4) is 0 Å². The molecule has 3 fully saturated rings. The molecule has 2 heterocycles. The molecule has 4 rings (SSSR count). The summed E-state index contributed by atoms with van der Waals surface area (Å²) in [5, 5.41) is 6.49. The van der Waals surface area contributed by atoms with Gasteiger partial charge >= 0.3 is 0 Å². The Balaban J connectivity index is 1.41. The maximum atomic E-state index is 12.5. The molecule has 5 heteroatoms. The third-order valence-corrected chi connectivity index (χ3v) is 5.91. The number of oxazole rings is 1. The van der Waals surface area contributed by atoms with Crippen LogP contribution in [0.2, 0.25) is 0 Å². The Hall–Kier alpha value is -1.36. The predicted molar refractivity (Wildman–Crippen MR) is 82.7 cm³/mol. The van der Waals surface area contributed by atoms with Crippen molar-refractivity contribution in [3.05, 3.63) is 17.8 Å². The van der Waals surface area contributed by atoms with E-state index in [0.717, 1.165) is 44.2 Å². The van der Waals surface area contributed by atoms with E-state index < -0.39 is 0 Å². The number of hydrogen-bond acceptors (Lipinski definition) is 4. The zero-order valence-corrected chi connectivity index (χ0v) is 13.1. The van der Waals surface area contributed by atoms with Gasteiger partial charge in [-0.1, -0.05) is 6.42 Å². The maximum absolute atomic E-state index is 12.5. The highest BCUT2D eigenvalue weighted by Crippen LogP contribution is 2.56. The standard InChI is InChI=1S/C17H25N3O2/c21-16(19-10-17(6-1-7-17)13-2-3-13)14-15(22-11-20-14)12-4-8-18-9-5-12/h11-13,18H,1-10H2,(H,19,21). The largest absolute Gasteiger partial charge is 0.447 e. The van der Waals surface area contributed by atoms with Gasteiger partial charge < -0.3 is 15.1 Å². The highest BCUT2D eigenvalue weighted by molar-refractivity contribution is 5.93. The number of nitrogens with zero attached hydrogens (tertiary/aromatic N) is 1. The van der Waals surface area contributed by atoms with Crippen molar-refractivity contribution in [3.8, 4) is 0 Å². The number of carbonyl (C=O) groups is 1. The van der Waals surface area contributed by atoms with Crippen LogP contribution < -0.4 is 10.6 Å². The number of amides is 1. The Morgan fingerprint density at radius 1 is 1.32 bits per heavy atom. The first-order valence-electron chi connectivity index (χ1n) is 8.71. The minimum absolute atomic E-state index is 0.0470. The number of hydrogen-bond donors (Lipinski definition) is 2. The van der Waals surface area contributed by atoms with Gasteiger partial charge in [-0.15, -0.1) is 0 Å². The van der Waals surface area contributed by atoms with Crippen molar-refractivity contribution in [2.24, 2.45) is 11.3 Å². The van der Waals surface area contributed by atoms with Crippen molar-refractivity contribution in [2.75, 3.05) is 19.6 Å². The summed E-state index contributed by atoms with van der Waals surface area (Å²) in [4.78, 5) is 16.7. The molecule has 2 N–H and O–H groups in total. The van der Waals surface area contributed by atoms with Crippen LogP contribution >= 0.6 is 0 Å². The lowest BCUT2D eigenvalue weighted by Crippen LogP contribution is -2.44. The molecular weight excluding hydrogens is 278 g/mol. The van der Waals surface area contributed by atoms with Crippen LogP contribution in [0.25, 0.3) is 0 Å². The summed E-state index contributed by atoms with van der Waals surface area (Å²) in [6, 6.07) is 0. The average molecular weight is 303 g/mol. The minimum Gasteiger partial charge on any atom is -0.447 e. The van der Waals surface area contributed by atoms with Crippen LogP contribution in [0, 0.1) is 11.3 Å². The predicted octanol–water partition coefficient (Wildman–Crippen LogP) is 2.45. The first-order valence-corrected chi connectivity index (χ1v) is 8.71. The van der Waals surface area contributed by atoms with E-state index in [2.05, 4.69) is 15.6 Å². The number of nitrogens with one attached hydrogen (secondary N) is 2. The molecule has 120 valence electrons. The normalized spacial score (nSPS) is 24.7. The first-order chi connectivity index (χ1) is 10.8. The molecule has 0 unspecified atom stereocenters. The van der Waals surface area contributed by atoms with Gasteiger partial charge in [0.05, 0.1) is 0 Å². The van der Waals surface area contributed by atoms with Crippen molar-refractivity contribution in [1.29, 1.82) is 0 Å². The fourth-order valence-electron chi connectivity index (χ4n) is 4.20. The zero-order valence-electron chi connectivity index (χ0n) is 13.1. The van der Waals surface area contributed by atoms with Gasteiger partial charge in [0.2, 0.25) is 0 Å².